The second-order valence-corrected chi connectivity index (χ2v) is 19.1. The summed E-state index contributed by atoms with van der Waals surface area (Å²) in [5.74, 6) is -0.503. The van der Waals surface area contributed by atoms with Crippen LogP contribution in [0.15, 0.2) is 60.8 Å². The first kappa shape index (κ1) is 62.6. The van der Waals surface area contributed by atoms with Crippen LogP contribution in [0.3, 0.4) is 0 Å². The second kappa shape index (κ2) is 52.5. The van der Waals surface area contributed by atoms with Gasteiger partial charge in [-0.05, 0) is 77.0 Å². The summed E-state index contributed by atoms with van der Waals surface area (Å²) in [6.07, 6.45) is 65.6. The first-order valence-electron chi connectivity index (χ1n) is 28.1. The molecule has 1 amide bonds. The number of hydrogen-bond donors (Lipinski definition) is 3. The van der Waals surface area contributed by atoms with E-state index in [1.807, 2.05) is 0 Å². The summed E-state index contributed by atoms with van der Waals surface area (Å²) in [6, 6.07) is -0.711. The summed E-state index contributed by atoms with van der Waals surface area (Å²) < 4.78 is 5.94. The Kier molecular flexibility index (Phi) is 50.6. The largest absolute Gasteiger partial charge is 0.462 e. The number of allylic oxidation sites excluding steroid dienone is 10. The maximum Gasteiger partial charge on any atom is 0.306 e. The minimum atomic E-state index is -0.796. The van der Waals surface area contributed by atoms with Crippen LogP contribution in [0, 0.1) is 0 Å². The van der Waals surface area contributed by atoms with Crippen LogP contribution in [0.2, 0.25) is 0 Å². The summed E-state index contributed by atoms with van der Waals surface area (Å²) in [5.41, 5.74) is 0. The van der Waals surface area contributed by atoms with Crippen LogP contribution in [-0.2, 0) is 14.3 Å². The summed E-state index contributed by atoms with van der Waals surface area (Å²) in [6.45, 7) is 6.44. The van der Waals surface area contributed by atoms with Gasteiger partial charge in [-0.1, -0.05) is 248 Å². The van der Waals surface area contributed by atoms with Gasteiger partial charge in [-0.3, -0.25) is 9.59 Å². The highest BCUT2D eigenvalue weighted by Crippen LogP contribution is 2.18. The predicted molar refractivity (Wildman–Crippen MR) is 282 cm³/mol. The molecule has 0 bridgehead atoms. The van der Waals surface area contributed by atoms with Crippen LogP contribution in [0.1, 0.15) is 278 Å². The van der Waals surface area contributed by atoms with Gasteiger partial charge >= 0.3 is 5.97 Å². The Morgan fingerprint density at radius 2 is 0.800 bits per heavy atom. The van der Waals surface area contributed by atoms with Crippen molar-refractivity contribution in [3.63, 3.8) is 0 Å². The highest BCUT2D eigenvalue weighted by Gasteiger charge is 2.24. The summed E-state index contributed by atoms with van der Waals surface area (Å²) in [4.78, 5) is 26.2. The smallest absolute Gasteiger partial charge is 0.306 e. The normalized spacial score (nSPS) is 13.6. The molecule has 0 fully saturated rings. The van der Waals surface area contributed by atoms with Crippen LogP contribution in [0.25, 0.3) is 0 Å². The van der Waals surface area contributed by atoms with Crippen molar-refractivity contribution in [1.29, 1.82) is 0 Å². The van der Waals surface area contributed by atoms with Gasteiger partial charge in [0.2, 0.25) is 5.91 Å². The van der Waals surface area contributed by atoms with Gasteiger partial charge < -0.3 is 20.3 Å². The van der Waals surface area contributed by atoms with E-state index in [9.17, 15) is 19.8 Å². The molecule has 3 unspecified atom stereocenters. The average Bonchev–Trinajstić information content (AvgIpc) is 3.30. The molecule has 0 aliphatic heterocycles. The van der Waals surface area contributed by atoms with Gasteiger partial charge in [0, 0.05) is 6.42 Å². The Bertz CT molecular complexity index is 1160. The SMILES string of the molecule is CCCCC/C=C/C=C/C=C/C=C/CCCCCCCC(=O)OC(CCCCCCC/C=C\CCCCCC)CC(=O)NC(CO)C(O)CCCCCCCCCCCCCCCCC. The number of rotatable bonds is 50. The molecule has 0 spiro atoms. The molecule has 0 aromatic rings. The van der Waals surface area contributed by atoms with Gasteiger partial charge in [0.1, 0.15) is 6.10 Å². The molecule has 0 saturated heterocycles. The number of unbranched alkanes of at least 4 members (excludes halogenated alkanes) is 31. The number of nitrogens with one attached hydrogen (secondary N) is 1. The fraction of sp³-hybridized carbons (Fsp3) is 0.797. The van der Waals surface area contributed by atoms with Crippen molar-refractivity contribution in [3.8, 4) is 0 Å². The average molecular weight is 911 g/mol. The van der Waals surface area contributed by atoms with Crippen molar-refractivity contribution >= 4 is 11.9 Å². The van der Waals surface area contributed by atoms with Crippen molar-refractivity contribution in [2.45, 2.75) is 296 Å². The lowest BCUT2D eigenvalue weighted by atomic mass is 10.0. The number of ether oxygens (including phenoxy) is 1. The third-order valence-electron chi connectivity index (χ3n) is 12.7. The first-order valence-corrected chi connectivity index (χ1v) is 28.1. The minimum absolute atomic E-state index is 0.0616. The summed E-state index contributed by atoms with van der Waals surface area (Å²) in [7, 11) is 0. The molecule has 0 radical (unpaired) electrons. The van der Waals surface area contributed by atoms with Crippen molar-refractivity contribution in [2.75, 3.05) is 6.61 Å². The molecule has 0 rings (SSSR count). The zero-order chi connectivity index (χ0) is 47.4. The fourth-order valence-corrected chi connectivity index (χ4v) is 8.38. The standard InChI is InChI=1S/C59H107NO5/c1-4-7-10-13-16-19-22-25-27-28-29-31-34-37-40-43-46-49-52-59(64)65-55(50-47-44-41-38-35-32-24-21-18-15-12-9-6-3)53-58(63)60-56(54-61)57(62)51-48-45-42-39-36-33-30-26-23-20-17-14-11-8-5-2/h16,19,21-22,24-25,27-29,31,55-57,61-62H,4-15,17-18,20,23,26,30,32-54H2,1-3H3,(H,60,63)/b19-16+,24-21-,25-22+,28-27+,31-29+. The first-order chi connectivity index (χ1) is 32.0. The number of carbonyl (C=O) groups excluding carboxylic acids is 2. The van der Waals surface area contributed by atoms with E-state index in [0.29, 0.717) is 19.3 Å². The second-order valence-electron chi connectivity index (χ2n) is 19.1. The van der Waals surface area contributed by atoms with Crippen molar-refractivity contribution in [2.24, 2.45) is 0 Å². The highest BCUT2D eigenvalue weighted by atomic mass is 16.5. The van der Waals surface area contributed by atoms with E-state index in [-0.39, 0.29) is 24.9 Å². The van der Waals surface area contributed by atoms with Crippen LogP contribution < -0.4 is 5.32 Å². The number of amides is 1. The zero-order valence-electron chi connectivity index (χ0n) is 43.1. The molecule has 378 valence electrons. The molecule has 3 N–H and O–H groups in total. The zero-order valence-corrected chi connectivity index (χ0v) is 43.1. The van der Waals surface area contributed by atoms with Gasteiger partial charge in [0.15, 0.2) is 0 Å². The molecule has 6 heteroatoms. The maximum atomic E-state index is 13.2. The fourth-order valence-electron chi connectivity index (χ4n) is 8.38. The molecule has 0 aromatic heterocycles. The molecule has 3 atom stereocenters. The lowest BCUT2D eigenvalue weighted by Gasteiger charge is -2.24. The number of aliphatic hydroxyl groups is 2. The summed E-state index contributed by atoms with van der Waals surface area (Å²) in [5, 5.41) is 23.9. The van der Waals surface area contributed by atoms with Gasteiger partial charge in [0.25, 0.3) is 0 Å². The Morgan fingerprint density at radius 1 is 0.446 bits per heavy atom. The van der Waals surface area contributed by atoms with Crippen LogP contribution in [-0.4, -0.2) is 46.9 Å². The van der Waals surface area contributed by atoms with Crippen molar-refractivity contribution in [3.05, 3.63) is 60.8 Å². The van der Waals surface area contributed by atoms with E-state index in [1.54, 1.807) is 0 Å². The van der Waals surface area contributed by atoms with Crippen LogP contribution in [0.5, 0.6) is 0 Å². The molecular weight excluding hydrogens is 803 g/mol. The maximum absolute atomic E-state index is 13.2. The van der Waals surface area contributed by atoms with E-state index in [4.69, 9.17) is 4.74 Å². The molecular formula is C59H107NO5. The number of esters is 1. The van der Waals surface area contributed by atoms with Gasteiger partial charge in [-0.25, -0.2) is 0 Å². The Morgan fingerprint density at radius 3 is 1.28 bits per heavy atom. The van der Waals surface area contributed by atoms with Crippen LogP contribution >= 0.6 is 0 Å². The Hall–Kier alpha value is -2.44. The molecule has 0 aromatic carbocycles. The monoisotopic (exact) mass is 910 g/mol. The molecule has 0 aliphatic rings. The molecule has 0 saturated carbocycles. The van der Waals surface area contributed by atoms with E-state index in [1.165, 1.54) is 141 Å². The number of carbonyl (C=O) groups is 2. The van der Waals surface area contributed by atoms with Crippen molar-refractivity contribution < 1.29 is 24.5 Å². The Balaban J connectivity index is 4.59. The number of aliphatic hydroxyl groups excluding tert-OH is 2. The lowest BCUT2D eigenvalue weighted by Crippen LogP contribution is -2.46. The predicted octanol–water partition coefficient (Wildman–Crippen LogP) is 17.2. The van der Waals surface area contributed by atoms with Gasteiger partial charge in [0.05, 0.1) is 25.2 Å². The molecule has 6 nitrogen and oxygen atoms in total. The third-order valence-corrected chi connectivity index (χ3v) is 12.7. The van der Waals surface area contributed by atoms with E-state index >= 15 is 0 Å². The molecule has 0 aliphatic carbocycles. The summed E-state index contributed by atoms with van der Waals surface area (Å²) >= 11 is 0. The molecule has 0 heterocycles. The topological polar surface area (TPSA) is 95.9 Å². The lowest BCUT2D eigenvalue weighted by molar-refractivity contribution is -0.151. The quantitative estimate of drug-likeness (QED) is 0.0245. The Labute approximate surface area is 403 Å². The van der Waals surface area contributed by atoms with Gasteiger partial charge in [-0.2, -0.15) is 0 Å². The molecule has 65 heavy (non-hydrogen) atoms. The van der Waals surface area contributed by atoms with Crippen molar-refractivity contribution in [1.82, 2.24) is 5.32 Å². The highest BCUT2D eigenvalue weighted by molar-refractivity contribution is 5.77. The minimum Gasteiger partial charge on any atom is -0.462 e. The third kappa shape index (κ3) is 47.8. The van der Waals surface area contributed by atoms with E-state index in [2.05, 4.69) is 86.8 Å². The number of hydrogen-bond acceptors (Lipinski definition) is 5. The van der Waals surface area contributed by atoms with E-state index < -0.39 is 18.2 Å². The van der Waals surface area contributed by atoms with Gasteiger partial charge in [-0.15, -0.1) is 0 Å². The van der Waals surface area contributed by atoms with E-state index in [0.717, 1.165) is 89.9 Å². The van der Waals surface area contributed by atoms with Crippen LogP contribution in [0.4, 0.5) is 0 Å².